The minimum Gasteiger partial charge on any atom is -0.346 e. The summed E-state index contributed by atoms with van der Waals surface area (Å²) in [5.41, 5.74) is 7.11. The first-order chi connectivity index (χ1) is 13.8. The summed E-state index contributed by atoms with van der Waals surface area (Å²) in [6, 6.07) is 15.2. The highest BCUT2D eigenvalue weighted by atomic mass is 32.2. The largest absolute Gasteiger partial charge is 0.346 e. The van der Waals surface area contributed by atoms with Gasteiger partial charge in [-0.25, -0.2) is 18.1 Å². The van der Waals surface area contributed by atoms with E-state index in [4.69, 9.17) is 0 Å². The third kappa shape index (κ3) is 3.95. The molecule has 6 heteroatoms. The molecule has 2 aromatic carbocycles. The summed E-state index contributed by atoms with van der Waals surface area (Å²) >= 11 is 0. The molecule has 0 fully saturated rings. The topological polar surface area (TPSA) is 74.8 Å². The molecule has 0 radical (unpaired) electrons. The molecular weight excluding hydrogens is 382 g/mol. The maximum absolute atomic E-state index is 12.7. The quantitative estimate of drug-likeness (QED) is 0.508. The van der Waals surface area contributed by atoms with E-state index in [2.05, 4.69) is 46.7 Å². The Hall–Kier alpha value is -2.96. The van der Waals surface area contributed by atoms with Gasteiger partial charge in [-0.05, 0) is 55.7 Å². The van der Waals surface area contributed by atoms with Crippen LogP contribution in [-0.2, 0) is 16.6 Å². The lowest BCUT2D eigenvalue weighted by Crippen LogP contribution is -2.23. The predicted octanol–water partition coefficient (Wildman–Crippen LogP) is 4.63. The average Bonchev–Trinajstić information content (AvgIpc) is 3.09. The van der Waals surface area contributed by atoms with Crippen LogP contribution in [0.1, 0.15) is 22.3 Å². The Kier molecular flexibility index (Phi) is 4.98. The molecule has 0 saturated carbocycles. The molecule has 2 heterocycles. The first-order valence-electron chi connectivity index (χ1n) is 9.43. The van der Waals surface area contributed by atoms with E-state index in [1.165, 1.54) is 11.1 Å². The van der Waals surface area contributed by atoms with Gasteiger partial charge in [0.15, 0.2) is 0 Å². The van der Waals surface area contributed by atoms with Gasteiger partial charge in [-0.1, -0.05) is 47.0 Å². The van der Waals surface area contributed by atoms with Gasteiger partial charge in [0, 0.05) is 24.3 Å². The lowest BCUT2D eigenvalue weighted by atomic mass is 9.98. The van der Waals surface area contributed by atoms with Gasteiger partial charge in [0.25, 0.3) is 0 Å². The number of H-pyrrole nitrogens is 1. The molecule has 0 bridgehead atoms. The monoisotopic (exact) mass is 405 g/mol. The fourth-order valence-corrected chi connectivity index (χ4v) is 4.61. The zero-order valence-electron chi connectivity index (χ0n) is 16.7. The summed E-state index contributed by atoms with van der Waals surface area (Å²) in [6.07, 6.45) is 3.59. The lowest BCUT2D eigenvalue weighted by Gasteiger charge is -2.10. The Bertz CT molecular complexity index is 1270. The number of aromatic nitrogens is 2. The van der Waals surface area contributed by atoms with Crippen molar-refractivity contribution in [2.75, 3.05) is 0 Å². The van der Waals surface area contributed by atoms with E-state index in [1.807, 2.05) is 19.2 Å². The molecule has 0 unspecified atom stereocenters. The Morgan fingerprint density at radius 2 is 1.62 bits per heavy atom. The number of rotatable bonds is 5. The molecule has 29 heavy (non-hydrogen) atoms. The van der Waals surface area contributed by atoms with E-state index in [9.17, 15) is 8.42 Å². The normalized spacial score (nSPS) is 11.8. The van der Waals surface area contributed by atoms with E-state index in [0.717, 1.165) is 33.3 Å². The number of hydrogen-bond acceptors (Lipinski definition) is 3. The number of fused-ring (bicyclic) bond motifs is 1. The summed E-state index contributed by atoms with van der Waals surface area (Å²) in [5.74, 6) is 0. The molecule has 0 amide bonds. The third-order valence-corrected chi connectivity index (χ3v) is 6.39. The van der Waals surface area contributed by atoms with Crippen LogP contribution in [0.15, 0.2) is 65.8 Å². The fourth-order valence-electron chi connectivity index (χ4n) is 3.61. The Balaban J connectivity index is 1.71. The Labute approximate surface area is 170 Å². The number of pyridine rings is 1. The Morgan fingerprint density at radius 3 is 2.31 bits per heavy atom. The average molecular weight is 406 g/mol. The summed E-state index contributed by atoms with van der Waals surface area (Å²) in [4.78, 5) is 7.84. The van der Waals surface area contributed by atoms with Gasteiger partial charge in [-0.3, -0.25) is 0 Å². The molecule has 2 N–H and O–H groups in total. The number of nitrogens with zero attached hydrogens (tertiary/aromatic N) is 1. The number of aromatic amines is 1. The molecular formula is C23H23N3O2S. The van der Waals surface area contributed by atoms with E-state index >= 15 is 0 Å². The van der Waals surface area contributed by atoms with Gasteiger partial charge in [-0.2, -0.15) is 0 Å². The Morgan fingerprint density at radius 1 is 0.931 bits per heavy atom. The second-order valence-electron chi connectivity index (χ2n) is 7.41. The van der Waals surface area contributed by atoms with Crippen molar-refractivity contribution in [2.45, 2.75) is 32.2 Å². The van der Waals surface area contributed by atoms with Crippen molar-refractivity contribution < 1.29 is 8.42 Å². The predicted molar refractivity (Wildman–Crippen MR) is 116 cm³/mol. The third-order valence-electron chi connectivity index (χ3n) is 4.97. The van der Waals surface area contributed by atoms with Gasteiger partial charge >= 0.3 is 0 Å². The van der Waals surface area contributed by atoms with Crippen LogP contribution in [0.4, 0.5) is 0 Å². The van der Waals surface area contributed by atoms with Gasteiger partial charge in [-0.15, -0.1) is 0 Å². The molecule has 0 aliphatic carbocycles. The zero-order chi connectivity index (χ0) is 20.6. The van der Waals surface area contributed by atoms with Crippen LogP contribution in [0, 0.1) is 20.8 Å². The summed E-state index contributed by atoms with van der Waals surface area (Å²) in [7, 11) is -3.60. The highest BCUT2D eigenvalue weighted by Crippen LogP contribution is 2.31. The summed E-state index contributed by atoms with van der Waals surface area (Å²) in [6.45, 7) is 6.25. The van der Waals surface area contributed by atoms with E-state index in [0.29, 0.717) is 0 Å². The van der Waals surface area contributed by atoms with E-state index < -0.39 is 10.0 Å². The number of aryl methyl sites for hydroxylation is 3. The maximum Gasteiger partial charge on any atom is 0.240 e. The van der Waals surface area contributed by atoms with Crippen molar-refractivity contribution in [1.29, 1.82) is 0 Å². The van der Waals surface area contributed by atoms with Crippen LogP contribution in [0.5, 0.6) is 0 Å². The summed E-state index contributed by atoms with van der Waals surface area (Å²) < 4.78 is 28.1. The molecule has 0 aliphatic rings. The van der Waals surface area contributed by atoms with Gasteiger partial charge < -0.3 is 4.98 Å². The van der Waals surface area contributed by atoms with Crippen molar-refractivity contribution in [3.8, 4) is 11.1 Å². The van der Waals surface area contributed by atoms with Gasteiger partial charge in [0.2, 0.25) is 10.0 Å². The van der Waals surface area contributed by atoms with Crippen LogP contribution in [-0.4, -0.2) is 18.4 Å². The van der Waals surface area contributed by atoms with Crippen molar-refractivity contribution in [2.24, 2.45) is 0 Å². The zero-order valence-corrected chi connectivity index (χ0v) is 17.5. The van der Waals surface area contributed by atoms with E-state index in [1.54, 1.807) is 30.5 Å². The second-order valence-corrected chi connectivity index (χ2v) is 9.18. The molecule has 0 aliphatic heterocycles. The number of hydrogen-bond donors (Lipinski definition) is 2. The van der Waals surface area contributed by atoms with Gasteiger partial charge in [0.05, 0.1) is 4.90 Å². The van der Waals surface area contributed by atoms with Crippen molar-refractivity contribution in [1.82, 2.24) is 14.7 Å². The van der Waals surface area contributed by atoms with Crippen LogP contribution in [0.3, 0.4) is 0 Å². The molecule has 148 valence electrons. The molecule has 4 aromatic rings. The molecule has 0 atom stereocenters. The molecule has 5 nitrogen and oxygen atoms in total. The summed E-state index contributed by atoms with van der Waals surface area (Å²) in [5, 5.41) is 0.934. The molecule has 0 saturated heterocycles. The number of sulfonamides is 1. The SMILES string of the molecule is Cc1ccc(S(=O)(=O)NCc2c[nH]c3nccc(-c4cc(C)cc(C)c4)c23)cc1. The van der Waals surface area contributed by atoms with E-state index in [-0.39, 0.29) is 11.4 Å². The number of benzene rings is 2. The fraction of sp³-hybridized carbons (Fsp3) is 0.174. The molecule has 4 rings (SSSR count). The lowest BCUT2D eigenvalue weighted by molar-refractivity contribution is 0.581. The van der Waals surface area contributed by atoms with Crippen LogP contribution >= 0.6 is 0 Å². The van der Waals surface area contributed by atoms with Crippen molar-refractivity contribution in [3.63, 3.8) is 0 Å². The smallest absolute Gasteiger partial charge is 0.240 e. The highest BCUT2D eigenvalue weighted by molar-refractivity contribution is 7.89. The first-order valence-corrected chi connectivity index (χ1v) is 10.9. The van der Waals surface area contributed by atoms with Crippen molar-refractivity contribution in [3.05, 3.63) is 83.2 Å². The van der Waals surface area contributed by atoms with Crippen LogP contribution < -0.4 is 4.72 Å². The number of nitrogens with one attached hydrogen (secondary N) is 2. The van der Waals surface area contributed by atoms with Gasteiger partial charge in [0.1, 0.15) is 5.65 Å². The standard InChI is InChI=1S/C23H23N3O2S/c1-15-4-6-20(7-5-15)29(27,28)26-14-19-13-25-23-22(19)21(8-9-24-23)18-11-16(2)10-17(3)12-18/h4-13,26H,14H2,1-3H3,(H,24,25). The van der Waals surface area contributed by atoms with Crippen LogP contribution in [0.2, 0.25) is 0 Å². The highest BCUT2D eigenvalue weighted by Gasteiger charge is 2.17. The maximum atomic E-state index is 12.7. The van der Waals surface area contributed by atoms with Crippen molar-refractivity contribution >= 4 is 21.1 Å². The second kappa shape index (κ2) is 7.46. The molecule has 0 spiro atoms. The van der Waals surface area contributed by atoms with Crippen LogP contribution in [0.25, 0.3) is 22.2 Å². The first kappa shape index (κ1) is 19.4. The molecule has 2 aromatic heterocycles. The minimum absolute atomic E-state index is 0.180. The minimum atomic E-state index is -3.60.